The molecule has 0 saturated heterocycles. The Bertz CT molecular complexity index is 154. The lowest BCUT2D eigenvalue weighted by Gasteiger charge is -2.17. The van der Waals surface area contributed by atoms with E-state index in [9.17, 15) is 4.57 Å². The zero-order valence-electron chi connectivity index (χ0n) is 5.05. The number of hydrogen-bond acceptors (Lipinski definition) is 2. The lowest BCUT2D eigenvalue weighted by molar-refractivity contribution is 0.273. The number of hydrogen-bond donors (Lipinski definition) is 1. The molecule has 62 valence electrons. The van der Waals surface area contributed by atoms with Gasteiger partial charge in [-0.2, -0.15) is 0 Å². The van der Waals surface area contributed by atoms with E-state index >= 15 is 0 Å². The molecule has 0 fully saturated rings. The van der Waals surface area contributed by atoms with Gasteiger partial charge in [-0.25, -0.2) is 0 Å². The van der Waals surface area contributed by atoms with Crippen LogP contribution in [-0.4, -0.2) is 15.0 Å². The maximum absolute atomic E-state index is 10.8. The van der Waals surface area contributed by atoms with Crippen LogP contribution in [0.15, 0.2) is 0 Å². The second-order valence-electron chi connectivity index (χ2n) is 1.41. The summed E-state index contributed by atoms with van der Waals surface area (Å²) in [6.07, 6.45) is 0. The first-order valence-corrected chi connectivity index (χ1v) is 5.06. The third-order valence-corrected chi connectivity index (χ3v) is 3.80. The summed E-state index contributed by atoms with van der Waals surface area (Å²) in [6, 6.07) is 0. The largest absolute Gasteiger partial charge is 0.379 e. The maximum atomic E-state index is 10.8. The molecule has 0 aromatic carbocycles. The van der Waals surface area contributed by atoms with Gasteiger partial charge < -0.3 is 9.42 Å². The summed E-state index contributed by atoms with van der Waals surface area (Å²) in [5, 5.41) is 0. The minimum Gasteiger partial charge on any atom is -0.321 e. The van der Waals surface area contributed by atoms with Gasteiger partial charge in [0.1, 0.15) is 0 Å². The normalized spacial score (nSPS) is 18.5. The lowest BCUT2D eigenvalue weighted by atomic mass is 10.9. The van der Waals surface area contributed by atoms with Gasteiger partial charge in [-0.1, -0.05) is 34.8 Å². The van der Waals surface area contributed by atoms with E-state index in [4.69, 9.17) is 39.7 Å². The van der Waals surface area contributed by atoms with E-state index in [1.807, 2.05) is 0 Å². The molecule has 0 amide bonds. The minimum absolute atomic E-state index is 0.0295. The van der Waals surface area contributed by atoms with Crippen molar-refractivity contribution < 1.29 is 14.0 Å². The van der Waals surface area contributed by atoms with Crippen LogP contribution < -0.4 is 0 Å². The topological polar surface area (TPSA) is 46.5 Å². The smallest absolute Gasteiger partial charge is 0.321 e. The van der Waals surface area contributed by atoms with Crippen molar-refractivity contribution in [3.8, 4) is 0 Å². The molecule has 0 rings (SSSR count). The zero-order chi connectivity index (χ0) is 8.41. The fourth-order valence-electron chi connectivity index (χ4n) is 0.248. The average Bonchev–Trinajstić information content (AvgIpc) is 1.61. The molecule has 0 aromatic rings. The molecule has 0 aliphatic carbocycles. The van der Waals surface area contributed by atoms with Crippen molar-refractivity contribution in [2.24, 2.45) is 0 Å². The molecule has 1 N–H and O–H groups in total. The Morgan fingerprint density at radius 1 is 1.60 bits per heavy atom. The van der Waals surface area contributed by atoms with E-state index < -0.39 is 11.1 Å². The van der Waals surface area contributed by atoms with Crippen molar-refractivity contribution in [1.29, 1.82) is 0 Å². The molecule has 0 aliphatic heterocycles. The second-order valence-corrected chi connectivity index (χ2v) is 6.45. The summed E-state index contributed by atoms with van der Waals surface area (Å²) in [6.45, 7) is 1.56. The predicted molar refractivity (Wildman–Crippen MR) is 41.7 cm³/mol. The van der Waals surface area contributed by atoms with Crippen LogP contribution in [0.1, 0.15) is 6.92 Å². The molecule has 0 spiro atoms. The van der Waals surface area contributed by atoms with Gasteiger partial charge in [0.05, 0.1) is 6.61 Å². The van der Waals surface area contributed by atoms with E-state index in [1.165, 1.54) is 6.92 Å². The Hall–Kier alpha value is 1.02. The van der Waals surface area contributed by atoms with Gasteiger partial charge in [-0.3, -0.25) is 4.57 Å². The van der Waals surface area contributed by atoms with Crippen molar-refractivity contribution in [2.45, 2.75) is 10.5 Å². The molecule has 0 saturated carbocycles. The molecule has 0 heterocycles. The third kappa shape index (κ3) is 2.95. The average molecular weight is 227 g/mol. The first-order valence-electron chi connectivity index (χ1n) is 2.35. The highest BCUT2D eigenvalue weighted by atomic mass is 35.6. The lowest BCUT2D eigenvalue weighted by Crippen LogP contribution is -2.06. The summed E-state index contributed by atoms with van der Waals surface area (Å²) in [4.78, 5) is 8.79. The van der Waals surface area contributed by atoms with Crippen LogP contribution in [-0.2, 0) is 9.09 Å². The molecule has 3 nitrogen and oxygen atoms in total. The Labute approximate surface area is 73.7 Å². The maximum Gasteiger partial charge on any atom is 0.379 e. The van der Waals surface area contributed by atoms with Crippen molar-refractivity contribution in [3.05, 3.63) is 0 Å². The Morgan fingerprint density at radius 2 is 2.00 bits per heavy atom. The van der Waals surface area contributed by atoms with Crippen LogP contribution in [0, 0.1) is 0 Å². The first kappa shape index (κ1) is 11.0. The van der Waals surface area contributed by atoms with Gasteiger partial charge >= 0.3 is 7.60 Å². The molecular weight excluding hydrogens is 221 g/mol. The van der Waals surface area contributed by atoms with Crippen LogP contribution in [0.25, 0.3) is 0 Å². The quantitative estimate of drug-likeness (QED) is 0.582. The summed E-state index contributed by atoms with van der Waals surface area (Å²) >= 11 is 15.3. The van der Waals surface area contributed by atoms with Gasteiger partial charge in [-0.15, -0.1) is 0 Å². The van der Waals surface area contributed by atoms with Gasteiger partial charge in [0.25, 0.3) is 3.53 Å². The summed E-state index contributed by atoms with van der Waals surface area (Å²) < 4.78 is 12.8. The highest BCUT2D eigenvalue weighted by molar-refractivity contribution is 7.61. The van der Waals surface area contributed by atoms with Gasteiger partial charge in [0.15, 0.2) is 0 Å². The molecule has 0 aromatic heterocycles. The van der Waals surface area contributed by atoms with Gasteiger partial charge in [-0.05, 0) is 6.92 Å². The Balaban J connectivity index is 4.26. The third-order valence-electron chi connectivity index (χ3n) is 0.624. The van der Waals surface area contributed by atoms with E-state index in [1.54, 1.807) is 0 Å². The van der Waals surface area contributed by atoms with Crippen LogP contribution in [0.3, 0.4) is 0 Å². The number of halogens is 3. The van der Waals surface area contributed by atoms with Crippen molar-refractivity contribution in [2.75, 3.05) is 6.61 Å². The van der Waals surface area contributed by atoms with Gasteiger partial charge in [0, 0.05) is 0 Å². The van der Waals surface area contributed by atoms with Crippen molar-refractivity contribution in [3.63, 3.8) is 0 Å². The number of rotatable bonds is 2. The van der Waals surface area contributed by atoms with Gasteiger partial charge in [0.2, 0.25) is 0 Å². The molecule has 0 bridgehead atoms. The molecule has 1 atom stereocenters. The van der Waals surface area contributed by atoms with Crippen LogP contribution in [0.2, 0.25) is 0 Å². The molecule has 7 heteroatoms. The molecule has 1 unspecified atom stereocenters. The van der Waals surface area contributed by atoms with E-state index in [0.29, 0.717) is 0 Å². The highest BCUT2D eigenvalue weighted by Gasteiger charge is 2.44. The SMILES string of the molecule is CCOP(=O)(O)C(Cl)(Cl)Cl. The highest BCUT2D eigenvalue weighted by Crippen LogP contribution is 2.62. The predicted octanol–water partition coefficient (Wildman–Crippen LogP) is 2.54. The Kier molecular flexibility index (Phi) is 3.98. The fraction of sp³-hybridized carbons (Fsp3) is 1.00. The Morgan fingerprint density at radius 3 is 2.10 bits per heavy atom. The van der Waals surface area contributed by atoms with Crippen molar-refractivity contribution in [1.82, 2.24) is 0 Å². The van der Waals surface area contributed by atoms with Crippen LogP contribution >= 0.6 is 42.4 Å². The molecule has 0 radical (unpaired) electrons. The fourth-order valence-corrected chi connectivity index (χ4v) is 1.18. The van der Waals surface area contributed by atoms with E-state index in [2.05, 4.69) is 4.52 Å². The monoisotopic (exact) mass is 226 g/mol. The molecular formula is C3H6Cl3O3P. The van der Waals surface area contributed by atoms with Crippen LogP contribution in [0.4, 0.5) is 0 Å². The molecule has 0 aliphatic rings. The second kappa shape index (κ2) is 3.61. The minimum atomic E-state index is -4.08. The zero-order valence-corrected chi connectivity index (χ0v) is 8.21. The standard InChI is InChI=1S/C3H6Cl3O3P/c1-2-9-10(7,8)3(4,5)6/h2H2,1H3,(H,7,8). The summed E-state index contributed by atoms with van der Waals surface area (Å²) in [5.74, 6) is 0. The van der Waals surface area contributed by atoms with E-state index in [0.717, 1.165) is 0 Å². The van der Waals surface area contributed by atoms with Crippen LogP contribution in [0.5, 0.6) is 0 Å². The summed E-state index contributed by atoms with van der Waals surface area (Å²) in [7, 11) is -4.08. The first-order chi connectivity index (χ1) is 4.31. The summed E-state index contributed by atoms with van der Waals surface area (Å²) in [5.41, 5.74) is 0. The van der Waals surface area contributed by atoms with Crippen molar-refractivity contribution >= 4 is 42.4 Å². The molecule has 10 heavy (non-hydrogen) atoms. The van der Waals surface area contributed by atoms with E-state index in [-0.39, 0.29) is 6.61 Å². The number of alkyl halides is 3.